The number of hydrogen-bond acceptors (Lipinski definition) is 4. The zero-order valence-corrected chi connectivity index (χ0v) is 15.6. The van der Waals surface area contributed by atoms with Crippen LogP contribution >= 0.6 is 0 Å². The van der Waals surface area contributed by atoms with Crippen LogP contribution in [-0.2, 0) is 22.6 Å². The topological polar surface area (TPSA) is 81.7 Å². The van der Waals surface area contributed by atoms with Crippen LogP contribution in [0.1, 0.15) is 31.4 Å². The molecular formula is C20H29N3O3. The first-order valence-electron chi connectivity index (χ1n) is 9.55. The van der Waals surface area contributed by atoms with Crippen molar-refractivity contribution in [1.29, 1.82) is 0 Å². The van der Waals surface area contributed by atoms with E-state index in [4.69, 9.17) is 0 Å². The maximum absolute atomic E-state index is 12.9. The molecule has 2 amide bonds. The summed E-state index contributed by atoms with van der Waals surface area (Å²) in [6.07, 6.45) is 0.862. The Kier molecular flexibility index (Phi) is 5.94. The number of aliphatic hydroxyl groups excluding tert-OH is 1. The highest BCUT2D eigenvalue weighted by Crippen LogP contribution is 2.25. The molecule has 0 bridgehead atoms. The lowest BCUT2D eigenvalue weighted by atomic mass is 9.91. The van der Waals surface area contributed by atoms with E-state index in [9.17, 15) is 14.7 Å². The summed E-state index contributed by atoms with van der Waals surface area (Å²) in [5, 5.41) is 16.0. The standard InChI is InChI=1S/C20H29N3O3/c1-3-13(2)20(26)23-12-15-7-5-4-6-14(15)8-17(23)19(25)22-10-16-9-21-11-18(16)24/h4-7,13,16-18,21,24H,3,8-12H2,1-2H3,(H,22,25). The van der Waals surface area contributed by atoms with Crippen molar-refractivity contribution in [3.05, 3.63) is 35.4 Å². The molecule has 3 rings (SSSR count). The van der Waals surface area contributed by atoms with Crippen molar-refractivity contribution in [2.45, 2.75) is 45.4 Å². The average molecular weight is 359 g/mol. The van der Waals surface area contributed by atoms with Gasteiger partial charge in [-0.2, -0.15) is 0 Å². The number of β-amino-alcohol motifs (C(OH)–C–C–N with tert-alkyl or cyclic N) is 1. The van der Waals surface area contributed by atoms with Gasteiger partial charge in [-0.05, 0) is 17.5 Å². The minimum Gasteiger partial charge on any atom is -0.391 e. The highest BCUT2D eigenvalue weighted by Gasteiger charge is 2.36. The Morgan fingerprint density at radius 3 is 2.69 bits per heavy atom. The lowest BCUT2D eigenvalue weighted by molar-refractivity contribution is -0.144. The molecular weight excluding hydrogens is 330 g/mol. The molecule has 6 heteroatoms. The molecule has 0 aromatic heterocycles. The zero-order valence-electron chi connectivity index (χ0n) is 15.6. The van der Waals surface area contributed by atoms with E-state index >= 15 is 0 Å². The highest BCUT2D eigenvalue weighted by atomic mass is 16.3. The zero-order chi connectivity index (χ0) is 18.7. The van der Waals surface area contributed by atoms with Gasteiger partial charge in [-0.1, -0.05) is 38.1 Å². The third kappa shape index (κ3) is 3.91. The van der Waals surface area contributed by atoms with E-state index in [0.29, 0.717) is 32.6 Å². The third-order valence-corrected chi connectivity index (χ3v) is 5.71. The molecule has 2 aliphatic rings. The maximum atomic E-state index is 12.9. The van der Waals surface area contributed by atoms with Crippen LogP contribution in [0.5, 0.6) is 0 Å². The Balaban J connectivity index is 1.74. The van der Waals surface area contributed by atoms with Gasteiger partial charge in [0.15, 0.2) is 0 Å². The summed E-state index contributed by atoms with van der Waals surface area (Å²) in [7, 11) is 0. The van der Waals surface area contributed by atoms with Gasteiger partial charge in [-0.25, -0.2) is 0 Å². The van der Waals surface area contributed by atoms with E-state index in [1.165, 1.54) is 0 Å². The van der Waals surface area contributed by atoms with Crippen molar-refractivity contribution in [1.82, 2.24) is 15.5 Å². The van der Waals surface area contributed by atoms with Crippen LogP contribution in [0.25, 0.3) is 0 Å². The van der Waals surface area contributed by atoms with Gasteiger partial charge in [-0.15, -0.1) is 0 Å². The molecule has 0 saturated carbocycles. The lowest BCUT2D eigenvalue weighted by Gasteiger charge is -2.37. The molecule has 0 radical (unpaired) electrons. The van der Waals surface area contributed by atoms with Crippen LogP contribution in [-0.4, -0.2) is 53.6 Å². The molecule has 1 saturated heterocycles. The SMILES string of the molecule is CCC(C)C(=O)N1Cc2ccccc2CC1C(=O)NCC1CNCC1O. The minimum absolute atomic E-state index is 0.0218. The van der Waals surface area contributed by atoms with Crippen LogP contribution < -0.4 is 10.6 Å². The van der Waals surface area contributed by atoms with E-state index in [-0.39, 0.29) is 23.7 Å². The molecule has 26 heavy (non-hydrogen) atoms. The molecule has 4 unspecified atom stereocenters. The number of aliphatic hydroxyl groups is 1. The van der Waals surface area contributed by atoms with E-state index < -0.39 is 12.1 Å². The molecule has 1 aromatic carbocycles. The molecule has 1 aromatic rings. The number of benzene rings is 1. The Bertz CT molecular complexity index is 663. The van der Waals surface area contributed by atoms with E-state index in [1.54, 1.807) is 4.90 Å². The van der Waals surface area contributed by atoms with Gasteiger partial charge in [0.2, 0.25) is 11.8 Å². The number of fused-ring (bicyclic) bond motifs is 1. The fraction of sp³-hybridized carbons (Fsp3) is 0.600. The molecule has 2 aliphatic heterocycles. The Labute approximate surface area is 155 Å². The monoisotopic (exact) mass is 359 g/mol. The Morgan fingerprint density at radius 1 is 1.31 bits per heavy atom. The fourth-order valence-corrected chi connectivity index (χ4v) is 3.72. The number of amides is 2. The third-order valence-electron chi connectivity index (χ3n) is 5.71. The smallest absolute Gasteiger partial charge is 0.243 e. The van der Waals surface area contributed by atoms with Gasteiger partial charge in [0.05, 0.1) is 6.10 Å². The van der Waals surface area contributed by atoms with Gasteiger partial charge < -0.3 is 20.6 Å². The minimum atomic E-state index is -0.488. The Hall–Kier alpha value is -1.92. The molecule has 1 fully saturated rings. The largest absolute Gasteiger partial charge is 0.391 e. The summed E-state index contributed by atoms with van der Waals surface area (Å²) in [6.45, 7) is 6.07. The van der Waals surface area contributed by atoms with Crippen molar-refractivity contribution in [2.24, 2.45) is 11.8 Å². The van der Waals surface area contributed by atoms with Crippen LogP contribution in [0.2, 0.25) is 0 Å². The van der Waals surface area contributed by atoms with Crippen molar-refractivity contribution in [2.75, 3.05) is 19.6 Å². The molecule has 6 nitrogen and oxygen atoms in total. The average Bonchev–Trinajstić information content (AvgIpc) is 3.08. The van der Waals surface area contributed by atoms with Crippen LogP contribution in [0.15, 0.2) is 24.3 Å². The van der Waals surface area contributed by atoms with Crippen LogP contribution in [0.3, 0.4) is 0 Å². The first-order valence-corrected chi connectivity index (χ1v) is 9.55. The highest BCUT2D eigenvalue weighted by molar-refractivity contribution is 5.89. The van der Waals surface area contributed by atoms with Gasteiger partial charge in [0, 0.05) is 44.4 Å². The molecule has 0 aliphatic carbocycles. The summed E-state index contributed by atoms with van der Waals surface area (Å²) in [4.78, 5) is 27.5. The lowest BCUT2D eigenvalue weighted by Crippen LogP contribution is -2.54. The van der Waals surface area contributed by atoms with Crippen molar-refractivity contribution in [3.63, 3.8) is 0 Å². The fourth-order valence-electron chi connectivity index (χ4n) is 3.72. The predicted octanol–water partition coefficient (Wildman–Crippen LogP) is 0.683. The Morgan fingerprint density at radius 2 is 2.04 bits per heavy atom. The number of hydrogen-bond donors (Lipinski definition) is 3. The second-order valence-corrected chi connectivity index (χ2v) is 7.49. The van der Waals surface area contributed by atoms with E-state index in [1.807, 2.05) is 38.1 Å². The first kappa shape index (κ1) is 18.9. The second-order valence-electron chi connectivity index (χ2n) is 7.49. The van der Waals surface area contributed by atoms with E-state index in [0.717, 1.165) is 17.5 Å². The molecule has 2 heterocycles. The molecule has 142 valence electrons. The summed E-state index contributed by atoms with van der Waals surface area (Å²) in [6, 6.07) is 7.52. The molecule has 0 spiro atoms. The molecule has 3 N–H and O–H groups in total. The number of nitrogens with zero attached hydrogens (tertiary/aromatic N) is 1. The summed E-state index contributed by atoms with van der Waals surface area (Å²) in [5.41, 5.74) is 2.24. The number of nitrogens with one attached hydrogen (secondary N) is 2. The van der Waals surface area contributed by atoms with Crippen LogP contribution in [0, 0.1) is 11.8 Å². The normalized spacial score (nSPS) is 26.3. The number of rotatable bonds is 5. The van der Waals surface area contributed by atoms with Gasteiger partial charge in [-0.3, -0.25) is 9.59 Å². The summed E-state index contributed by atoms with van der Waals surface area (Å²) >= 11 is 0. The summed E-state index contributed by atoms with van der Waals surface area (Å²) < 4.78 is 0. The number of carbonyl (C=O) groups excluding carboxylic acids is 2. The quantitative estimate of drug-likeness (QED) is 0.722. The molecule has 4 atom stereocenters. The predicted molar refractivity (Wildman–Crippen MR) is 99.3 cm³/mol. The number of carbonyl (C=O) groups is 2. The van der Waals surface area contributed by atoms with Gasteiger partial charge >= 0.3 is 0 Å². The van der Waals surface area contributed by atoms with Gasteiger partial charge in [0.25, 0.3) is 0 Å². The maximum Gasteiger partial charge on any atom is 0.243 e. The second kappa shape index (κ2) is 8.18. The van der Waals surface area contributed by atoms with Gasteiger partial charge in [0.1, 0.15) is 6.04 Å². The van der Waals surface area contributed by atoms with Crippen molar-refractivity contribution < 1.29 is 14.7 Å². The van der Waals surface area contributed by atoms with Crippen molar-refractivity contribution >= 4 is 11.8 Å². The van der Waals surface area contributed by atoms with E-state index in [2.05, 4.69) is 10.6 Å². The first-order chi connectivity index (χ1) is 12.5. The van der Waals surface area contributed by atoms with Crippen molar-refractivity contribution in [3.8, 4) is 0 Å². The summed E-state index contributed by atoms with van der Waals surface area (Å²) in [5.74, 6) is -0.176. The van der Waals surface area contributed by atoms with Crippen LogP contribution in [0.4, 0.5) is 0 Å².